The predicted molar refractivity (Wildman–Crippen MR) is 84.0 cm³/mol. The van der Waals surface area contributed by atoms with Gasteiger partial charge in [0.25, 0.3) is 0 Å². The summed E-state index contributed by atoms with van der Waals surface area (Å²) in [5, 5.41) is 13.7. The van der Waals surface area contributed by atoms with Gasteiger partial charge < -0.3 is 25.2 Å². The Kier molecular flexibility index (Phi) is 13.7. The molecule has 0 fully saturated rings. The van der Waals surface area contributed by atoms with Crippen molar-refractivity contribution in [3.05, 3.63) is 12.7 Å². The van der Waals surface area contributed by atoms with E-state index in [0.717, 1.165) is 19.3 Å². The molecule has 0 aromatic carbocycles. The van der Waals surface area contributed by atoms with Gasteiger partial charge in [0.1, 0.15) is 6.61 Å². The first-order valence-corrected chi connectivity index (χ1v) is 7.60. The van der Waals surface area contributed by atoms with Crippen LogP contribution in [0.15, 0.2) is 12.7 Å². The molecule has 0 aromatic heterocycles. The number of hydrogen-bond donors (Lipinski definition) is 3. The molecule has 8 nitrogen and oxygen atoms in total. The van der Waals surface area contributed by atoms with Crippen molar-refractivity contribution in [2.45, 2.75) is 25.7 Å². The molecule has 0 bridgehead atoms. The lowest BCUT2D eigenvalue weighted by atomic mass is 10.2. The SMILES string of the molecule is C=CC(=O)NCCCCCC(=O)NCCOCCOCC(=O)O. The fourth-order valence-corrected chi connectivity index (χ4v) is 1.60. The highest BCUT2D eigenvalue weighted by molar-refractivity contribution is 5.86. The van der Waals surface area contributed by atoms with Crippen molar-refractivity contribution >= 4 is 17.8 Å². The van der Waals surface area contributed by atoms with Crippen molar-refractivity contribution in [3.63, 3.8) is 0 Å². The van der Waals surface area contributed by atoms with Gasteiger partial charge in [0.2, 0.25) is 11.8 Å². The highest BCUT2D eigenvalue weighted by atomic mass is 16.5. The van der Waals surface area contributed by atoms with Gasteiger partial charge in [0, 0.05) is 19.5 Å². The number of rotatable bonds is 15. The first kappa shape index (κ1) is 21.1. The van der Waals surface area contributed by atoms with Crippen LogP contribution in [0.4, 0.5) is 0 Å². The Labute approximate surface area is 136 Å². The molecular formula is C15H26N2O6. The first-order valence-electron chi connectivity index (χ1n) is 7.60. The summed E-state index contributed by atoms with van der Waals surface area (Å²) < 4.78 is 9.96. The molecular weight excluding hydrogens is 304 g/mol. The van der Waals surface area contributed by atoms with E-state index in [4.69, 9.17) is 14.6 Å². The summed E-state index contributed by atoms with van der Waals surface area (Å²) in [6.45, 7) is 4.88. The van der Waals surface area contributed by atoms with Gasteiger partial charge in [-0.05, 0) is 18.9 Å². The van der Waals surface area contributed by atoms with Crippen molar-refractivity contribution in [1.82, 2.24) is 10.6 Å². The van der Waals surface area contributed by atoms with Gasteiger partial charge in [-0.2, -0.15) is 0 Å². The molecule has 0 aliphatic rings. The van der Waals surface area contributed by atoms with E-state index in [1.54, 1.807) is 0 Å². The van der Waals surface area contributed by atoms with E-state index in [9.17, 15) is 14.4 Å². The summed E-state index contributed by atoms with van der Waals surface area (Å²) in [7, 11) is 0. The minimum absolute atomic E-state index is 0.0362. The Hall–Kier alpha value is -1.93. The van der Waals surface area contributed by atoms with Crippen molar-refractivity contribution in [1.29, 1.82) is 0 Å². The molecule has 0 atom stereocenters. The molecule has 2 amide bonds. The molecule has 0 aliphatic carbocycles. The number of nitrogens with one attached hydrogen (secondary N) is 2. The smallest absolute Gasteiger partial charge is 0.329 e. The Morgan fingerprint density at radius 3 is 2.39 bits per heavy atom. The summed E-state index contributed by atoms with van der Waals surface area (Å²) in [6.07, 6.45) is 4.12. The van der Waals surface area contributed by atoms with Crippen LogP contribution in [0.2, 0.25) is 0 Å². The topological polar surface area (TPSA) is 114 Å². The zero-order chi connectivity index (χ0) is 17.3. The molecule has 8 heteroatoms. The monoisotopic (exact) mass is 330 g/mol. The number of carbonyl (C=O) groups excluding carboxylic acids is 2. The lowest BCUT2D eigenvalue weighted by molar-refractivity contribution is -0.142. The third-order valence-electron chi connectivity index (χ3n) is 2.73. The quantitative estimate of drug-likeness (QED) is 0.289. The standard InChI is InChI=1S/C15H26N2O6/c1-2-13(18)16-7-5-3-4-6-14(19)17-8-9-22-10-11-23-12-15(20)21/h2H,1,3-12H2,(H,16,18)(H,17,19)(H,20,21). The Morgan fingerprint density at radius 2 is 1.70 bits per heavy atom. The fraction of sp³-hybridized carbons (Fsp3) is 0.667. The van der Waals surface area contributed by atoms with E-state index in [1.807, 2.05) is 0 Å². The van der Waals surface area contributed by atoms with Crippen LogP contribution in [0.5, 0.6) is 0 Å². The molecule has 0 rings (SSSR count). The molecule has 0 unspecified atom stereocenters. The van der Waals surface area contributed by atoms with Crippen LogP contribution < -0.4 is 10.6 Å². The molecule has 0 saturated heterocycles. The third kappa shape index (κ3) is 16.3. The van der Waals surface area contributed by atoms with E-state index in [-0.39, 0.29) is 25.0 Å². The molecule has 0 aliphatic heterocycles. The zero-order valence-corrected chi connectivity index (χ0v) is 13.3. The molecule has 0 heterocycles. The summed E-state index contributed by atoms with van der Waals surface area (Å²) in [5.74, 6) is -1.23. The number of carbonyl (C=O) groups is 3. The molecule has 0 spiro atoms. The number of amides is 2. The van der Waals surface area contributed by atoms with Crippen LogP contribution in [0, 0.1) is 0 Å². The van der Waals surface area contributed by atoms with Crippen LogP contribution in [0.25, 0.3) is 0 Å². The lowest BCUT2D eigenvalue weighted by Crippen LogP contribution is -2.27. The Bertz CT molecular complexity index is 373. The van der Waals surface area contributed by atoms with Gasteiger partial charge in [0.05, 0.1) is 19.8 Å². The minimum atomic E-state index is -1.01. The van der Waals surface area contributed by atoms with Gasteiger partial charge in [-0.25, -0.2) is 4.79 Å². The average molecular weight is 330 g/mol. The molecule has 0 radical (unpaired) electrons. The van der Waals surface area contributed by atoms with Gasteiger partial charge in [-0.15, -0.1) is 0 Å². The zero-order valence-electron chi connectivity index (χ0n) is 13.3. The average Bonchev–Trinajstić information content (AvgIpc) is 2.52. The molecule has 3 N–H and O–H groups in total. The second-order valence-corrected chi connectivity index (χ2v) is 4.71. The van der Waals surface area contributed by atoms with E-state index in [1.165, 1.54) is 6.08 Å². The first-order chi connectivity index (χ1) is 11.1. The maximum Gasteiger partial charge on any atom is 0.329 e. The van der Waals surface area contributed by atoms with Crippen molar-refractivity contribution in [2.75, 3.05) is 39.5 Å². The third-order valence-corrected chi connectivity index (χ3v) is 2.73. The maximum absolute atomic E-state index is 11.5. The van der Waals surface area contributed by atoms with E-state index < -0.39 is 5.97 Å². The number of unbranched alkanes of at least 4 members (excludes halogenated alkanes) is 2. The van der Waals surface area contributed by atoms with Gasteiger partial charge >= 0.3 is 5.97 Å². The number of aliphatic carboxylic acids is 1. The van der Waals surface area contributed by atoms with Gasteiger partial charge in [0.15, 0.2) is 0 Å². The van der Waals surface area contributed by atoms with Crippen molar-refractivity contribution in [3.8, 4) is 0 Å². The summed E-state index contributed by atoms with van der Waals surface area (Å²) in [4.78, 5) is 32.5. The summed E-state index contributed by atoms with van der Waals surface area (Å²) in [5.41, 5.74) is 0. The second-order valence-electron chi connectivity index (χ2n) is 4.71. The van der Waals surface area contributed by atoms with E-state index in [2.05, 4.69) is 17.2 Å². The molecule has 23 heavy (non-hydrogen) atoms. The van der Waals surface area contributed by atoms with Crippen LogP contribution in [0.3, 0.4) is 0 Å². The highest BCUT2D eigenvalue weighted by Crippen LogP contribution is 1.98. The number of hydrogen-bond acceptors (Lipinski definition) is 5. The molecule has 0 aromatic rings. The van der Waals surface area contributed by atoms with Gasteiger partial charge in [-0.1, -0.05) is 13.0 Å². The molecule has 0 saturated carbocycles. The Morgan fingerprint density at radius 1 is 0.957 bits per heavy atom. The highest BCUT2D eigenvalue weighted by Gasteiger charge is 2.01. The molecule has 132 valence electrons. The van der Waals surface area contributed by atoms with Gasteiger partial charge in [-0.3, -0.25) is 9.59 Å². The number of carboxylic acids is 1. The van der Waals surface area contributed by atoms with Crippen molar-refractivity contribution in [2.24, 2.45) is 0 Å². The van der Waals surface area contributed by atoms with E-state index in [0.29, 0.717) is 32.7 Å². The lowest BCUT2D eigenvalue weighted by Gasteiger charge is -2.07. The maximum atomic E-state index is 11.5. The predicted octanol–water partition coefficient (Wildman–Crippen LogP) is 0.0830. The second kappa shape index (κ2) is 15.0. The van der Waals surface area contributed by atoms with E-state index >= 15 is 0 Å². The van der Waals surface area contributed by atoms with Crippen molar-refractivity contribution < 1.29 is 29.0 Å². The van der Waals surface area contributed by atoms with Crippen LogP contribution >= 0.6 is 0 Å². The number of ether oxygens (including phenoxy) is 2. The number of carboxylic acid groups (broad SMARTS) is 1. The normalized spacial score (nSPS) is 10.1. The summed E-state index contributed by atoms with van der Waals surface area (Å²) in [6, 6.07) is 0. The largest absolute Gasteiger partial charge is 0.480 e. The Balaban J connectivity index is 3.26. The summed E-state index contributed by atoms with van der Waals surface area (Å²) >= 11 is 0. The minimum Gasteiger partial charge on any atom is -0.480 e. The van der Waals surface area contributed by atoms with Crippen LogP contribution in [-0.4, -0.2) is 62.4 Å². The van der Waals surface area contributed by atoms with Crippen LogP contribution in [0.1, 0.15) is 25.7 Å². The van der Waals surface area contributed by atoms with Crippen LogP contribution in [-0.2, 0) is 23.9 Å². The fourth-order valence-electron chi connectivity index (χ4n) is 1.60.